The maximum absolute atomic E-state index is 11.4. The second-order valence-electron chi connectivity index (χ2n) is 3.20. The van der Waals surface area contributed by atoms with E-state index in [1.54, 1.807) is 23.6 Å². The zero-order chi connectivity index (χ0) is 11.4. The van der Waals surface area contributed by atoms with Crippen molar-refractivity contribution >= 4 is 22.9 Å². The Bertz CT molecular complexity index is 523. The zero-order valence-electron chi connectivity index (χ0n) is 8.47. The number of thiazole rings is 1. The fraction of sp³-hybridized carbons (Fsp3) is 0.300. The van der Waals surface area contributed by atoms with Gasteiger partial charge in [-0.25, -0.2) is 9.67 Å². The number of rotatable bonds is 4. The topological polar surface area (TPSA) is 47.8 Å². The van der Waals surface area contributed by atoms with Crippen molar-refractivity contribution in [1.29, 1.82) is 0 Å². The lowest BCUT2D eigenvalue weighted by molar-refractivity contribution is 0.576. The van der Waals surface area contributed by atoms with Crippen molar-refractivity contribution in [3.05, 3.63) is 44.8 Å². The Morgan fingerprint density at radius 1 is 1.50 bits per heavy atom. The lowest BCUT2D eigenvalue weighted by atomic mass is 10.4. The van der Waals surface area contributed by atoms with Crippen LogP contribution < -0.4 is 5.56 Å². The molecule has 0 atom stereocenters. The number of aryl methyl sites for hydroxylation is 2. The Balaban J connectivity index is 2.02. The molecule has 0 bridgehead atoms. The highest BCUT2D eigenvalue weighted by atomic mass is 35.5. The van der Waals surface area contributed by atoms with Gasteiger partial charge in [0.2, 0.25) is 0 Å². The number of alkyl halides is 1. The maximum atomic E-state index is 11.4. The van der Waals surface area contributed by atoms with Crippen molar-refractivity contribution in [3.63, 3.8) is 0 Å². The summed E-state index contributed by atoms with van der Waals surface area (Å²) in [7, 11) is 0. The van der Waals surface area contributed by atoms with Gasteiger partial charge in [0.25, 0.3) is 5.56 Å². The van der Waals surface area contributed by atoms with E-state index in [1.165, 1.54) is 10.7 Å². The van der Waals surface area contributed by atoms with Gasteiger partial charge in [-0.15, -0.1) is 22.9 Å². The monoisotopic (exact) mass is 255 g/mol. The quantitative estimate of drug-likeness (QED) is 0.781. The second kappa shape index (κ2) is 5.23. The summed E-state index contributed by atoms with van der Waals surface area (Å²) < 4.78 is 1.43. The van der Waals surface area contributed by atoms with Crippen molar-refractivity contribution in [2.75, 3.05) is 0 Å². The normalized spacial score (nSPS) is 10.6. The van der Waals surface area contributed by atoms with Crippen LogP contribution in [0.5, 0.6) is 0 Å². The van der Waals surface area contributed by atoms with E-state index in [0.29, 0.717) is 18.8 Å². The Kier molecular flexibility index (Phi) is 3.69. The van der Waals surface area contributed by atoms with Crippen LogP contribution in [0, 0.1) is 0 Å². The first-order valence-electron chi connectivity index (χ1n) is 4.81. The molecule has 0 spiro atoms. The summed E-state index contributed by atoms with van der Waals surface area (Å²) in [6.07, 6.45) is 2.31. The van der Waals surface area contributed by atoms with Crippen LogP contribution in [-0.2, 0) is 18.8 Å². The SMILES string of the molecule is O=c1cccnn1CCc1nc(CCl)cs1. The number of hydrogen-bond acceptors (Lipinski definition) is 4. The second-order valence-corrected chi connectivity index (χ2v) is 4.41. The molecule has 0 radical (unpaired) electrons. The largest absolute Gasteiger partial charge is 0.268 e. The standard InChI is InChI=1S/C10H10ClN3OS/c11-6-8-7-16-9(13-8)3-5-14-10(15)2-1-4-12-14/h1-2,4,7H,3,5-6H2. The molecule has 0 amide bonds. The van der Waals surface area contributed by atoms with Crippen LogP contribution in [0.25, 0.3) is 0 Å². The van der Waals surface area contributed by atoms with Crippen molar-refractivity contribution < 1.29 is 0 Å². The van der Waals surface area contributed by atoms with Crippen LogP contribution in [0.1, 0.15) is 10.7 Å². The average molecular weight is 256 g/mol. The highest BCUT2D eigenvalue weighted by Gasteiger charge is 2.02. The summed E-state index contributed by atoms with van der Waals surface area (Å²) in [5.41, 5.74) is 0.798. The van der Waals surface area contributed by atoms with Crippen LogP contribution in [0.4, 0.5) is 0 Å². The summed E-state index contributed by atoms with van der Waals surface area (Å²) in [6, 6.07) is 3.13. The molecule has 0 fully saturated rings. The fourth-order valence-corrected chi connectivity index (χ4v) is 2.30. The van der Waals surface area contributed by atoms with E-state index in [-0.39, 0.29) is 5.56 Å². The molecular weight excluding hydrogens is 246 g/mol. The molecule has 4 nitrogen and oxygen atoms in total. The number of hydrogen-bond donors (Lipinski definition) is 0. The summed E-state index contributed by atoms with van der Waals surface area (Å²) in [4.78, 5) is 15.7. The van der Waals surface area contributed by atoms with Gasteiger partial charge in [-0.1, -0.05) is 0 Å². The van der Waals surface area contributed by atoms with Crippen LogP contribution in [0.3, 0.4) is 0 Å². The first-order chi connectivity index (χ1) is 7.79. The van der Waals surface area contributed by atoms with E-state index < -0.39 is 0 Å². The number of halogens is 1. The van der Waals surface area contributed by atoms with E-state index in [4.69, 9.17) is 11.6 Å². The van der Waals surface area contributed by atoms with Crippen molar-refractivity contribution in [2.24, 2.45) is 0 Å². The minimum Gasteiger partial charge on any atom is -0.268 e. The third kappa shape index (κ3) is 2.68. The van der Waals surface area contributed by atoms with Crippen LogP contribution in [0.15, 0.2) is 28.5 Å². The predicted octanol–water partition coefficient (Wildman–Crippen LogP) is 1.68. The van der Waals surface area contributed by atoms with Crippen molar-refractivity contribution in [2.45, 2.75) is 18.8 Å². The fourth-order valence-electron chi connectivity index (χ4n) is 1.28. The molecule has 6 heteroatoms. The molecule has 0 aliphatic rings. The molecule has 0 aliphatic carbocycles. The van der Waals surface area contributed by atoms with Crippen LogP contribution in [-0.4, -0.2) is 14.8 Å². The molecule has 0 aromatic carbocycles. The maximum Gasteiger partial charge on any atom is 0.266 e. The first-order valence-corrected chi connectivity index (χ1v) is 6.22. The van der Waals surface area contributed by atoms with Crippen molar-refractivity contribution in [3.8, 4) is 0 Å². The minimum atomic E-state index is -0.0865. The van der Waals surface area contributed by atoms with Crippen molar-refractivity contribution in [1.82, 2.24) is 14.8 Å². The van der Waals surface area contributed by atoms with Crippen LogP contribution >= 0.6 is 22.9 Å². The number of nitrogens with zero attached hydrogens (tertiary/aromatic N) is 3. The minimum absolute atomic E-state index is 0.0865. The summed E-state index contributed by atoms with van der Waals surface area (Å²) in [5, 5.41) is 6.89. The Morgan fingerprint density at radius 3 is 3.06 bits per heavy atom. The summed E-state index contributed by atoms with van der Waals surface area (Å²) in [5.74, 6) is 0.431. The highest BCUT2D eigenvalue weighted by molar-refractivity contribution is 7.09. The molecular formula is C10H10ClN3OS. The molecule has 0 N–H and O–H groups in total. The molecule has 0 unspecified atom stereocenters. The molecule has 0 saturated carbocycles. The summed E-state index contributed by atoms with van der Waals surface area (Å²) in [6.45, 7) is 0.551. The third-order valence-electron chi connectivity index (χ3n) is 2.06. The summed E-state index contributed by atoms with van der Waals surface area (Å²) >= 11 is 7.22. The predicted molar refractivity (Wildman–Crippen MR) is 63.9 cm³/mol. The van der Waals surface area contributed by atoms with Gasteiger partial charge in [0, 0.05) is 24.1 Å². The number of aromatic nitrogens is 3. The van der Waals surface area contributed by atoms with Gasteiger partial charge in [-0.3, -0.25) is 4.79 Å². The highest BCUT2D eigenvalue weighted by Crippen LogP contribution is 2.12. The smallest absolute Gasteiger partial charge is 0.266 e. The third-order valence-corrected chi connectivity index (χ3v) is 3.29. The van der Waals surface area contributed by atoms with Gasteiger partial charge in [0.15, 0.2) is 0 Å². The van der Waals surface area contributed by atoms with E-state index in [2.05, 4.69) is 10.1 Å². The molecule has 2 aromatic rings. The van der Waals surface area contributed by atoms with Gasteiger partial charge in [0.1, 0.15) is 0 Å². The molecule has 2 heterocycles. The Labute approximate surface area is 102 Å². The van der Waals surface area contributed by atoms with Gasteiger partial charge in [0.05, 0.1) is 23.1 Å². The lowest BCUT2D eigenvalue weighted by Gasteiger charge is -2.00. The van der Waals surface area contributed by atoms with Gasteiger partial charge < -0.3 is 0 Å². The lowest BCUT2D eigenvalue weighted by Crippen LogP contribution is -2.22. The van der Waals surface area contributed by atoms with Gasteiger partial charge in [-0.2, -0.15) is 5.10 Å². The Hall–Kier alpha value is -1.20. The Morgan fingerprint density at radius 2 is 2.38 bits per heavy atom. The van der Waals surface area contributed by atoms with Gasteiger partial charge in [-0.05, 0) is 6.07 Å². The zero-order valence-corrected chi connectivity index (χ0v) is 10.0. The molecule has 0 aliphatic heterocycles. The average Bonchev–Trinajstić information content (AvgIpc) is 2.76. The molecule has 84 valence electrons. The van der Waals surface area contributed by atoms with E-state index >= 15 is 0 Å². The first kappa shape index (κ1) is 11.3. The van der Waals surface area contributed by atoms with E-state index in [0.717, 1.165) is 10.7 Å². The van der Waals surface area contributed by atoms with E-state index in [1.807, 2.05) is 5.38 Å². The molecule has 16 heavy (non-hydrogen) atoms. The molecule has 2 aromatic heterocycles. The molecule has 0 saturated heterocycles. The van der Waals surface area contributed by atoms with E-state index in [9.17, 15) is 4.79 Å². The van der Waals surface area contributed by atoms with Gasteiger partial charge >= 0.3 is 0 Å². The molecule has 2 rings (SSSR count). The van der Waals surface area contributed by atoms with Crippen LogP contribution in [0.2, 0.25) is 0 Å².